The lowest BCUT2D eigenvalue weighted by Gasteiger charge is -2.27. The highest BCUT2D eigenvalue weighted by molar-refractivity contribution is 5.79. The highest BCUT2D eigenvalue weighted by atomic mass is 16.5. The number of unbranched alkanes of at least 4 members (excludes halogenated alkanes) is 1. The number of ether oxygens (including phenoxy) is 2. The maximum absolute atomic E-state index is 5.81. The lowest BCUT2D eigenvalue weighted by molar-refractivity contribution is 0.0625. The Morgan fingerprint density at radius 3 is 2.96 bits per heavy atom. The summed E-state index contributed by atoms with van der Waals surface area (Å²) >= 11 is 0. The Bertz CT molecular complexity index is 544. The van der Waals surface area contributed by atoms with Crippen LogP contribution in [0.4, 0.5) is 0 Å². The first kappa shape index (κ1) is 20.5. The maximum Gasteiger partial charge on any atom is 0.218 e. The van der Waals surface area contributed by atoms with Gasteiger partial charge in [0.05, 0.1) is 6.61 Å². The summed E-state index contributed by atoms with van der Waals surface area (Å²) in [6.45, 7) is 6.33. The van der Waals surface area contributed by atoms with Gasteiger partial charge >= 0.3 is 0 Å². The number of nitrogens with zero attached hydrogens (tertiary/aromatic N) is 3. The summed E-state index contributed by atoms with van der Waals surface area (Å²) in [5, 5.41) is 3.44. The molecular formula is C20H34N4O2. The third kappa shape index (κ3) is 6.83. The number of aliphatic imine (C=N–C) groups is 1. The van der Waals surface area contributed by atoms with E-state index in [1.165, 1.54) is 19.3 Å². The summed E-state index contributed by atoms with van der Waals surface area (Å²) in [5.41, 5.74) is 1.06. The van der Waals surface area contributed by atoms with Crippen molar-refractivity contribution in [3.8, 4) is 5.88 Å². The predicted molar refractivity (Wildman–Crippen MR) is 106 cm³/mol. The van der Waals surface area contributed by atoms with Crippen molar-refractivity contribution in [3.63, 3.8) is 0 Å². The molecule has 6 nitrogen and oxygen atoms in total. The molecule has 0 radical (unpaired) electrons. The molecule has 0 amide bonds. The van der Waals surface area contributed by atoms with Crippen LogP contribution in [-0.4, -0.2) is 56.3 Å². The third-order valence-corrected chi connectivity index (χ3v) is 4.81. The van der Waals surface area contributed by atoms with Gasteiger partial charge in [-0.25, -0.2) is 4.98 Å². The summed E-state index contributed by atoms with van der Waals surface area (Å²) in [6, 6.07) is 4.00. The molecule has 0 aromatic carbocycles. The number of rotatable bonds is 9. The molecule has 2 heterocycles. The molecule has 0 atom stereocenters. The van der Waals surface area contributed by atoms with Crippen molar-refractivity contribution in [1.82, 2.24) is 15.2 Å². The zero-order chi connectivity index (χ0) is 18.6. The molecule has 1 N–H and O–H groups in total. The molecule has 0 aliphatic carbocycles. The Morgan fingerprint density at radius 2 is 2.23 bits per heavy atom. The van der Waals surface area contributed by atoms with Crippen molar-refractivity contribution < 1.29 is 9.47 Å². The first-order valence-electron chi connectivity index (χ1n) is 9.80. The quantitative estimate of drug-likeness (QED) is 0.416. The molecule has 0 bridgehead atoms. The second kappa shape index (κ2) is 11.7. The molecular weight excluding hydrogens is 328 g/mol. The number of pyridine rings is 1. The molecule has 0 saturated carbocycles. The van der Waals surface area contributed by atoms with Crippen molar-refractivity contribution in [2.24, 2.45) is 10.9 Å². The highest BCUT2D eigenvalue weighted by Gasteiger charge is 2.15. The maximum atomic E-state index is 5.81. The van der Waals surface area contributed by atoms with Crippen LogP contribution in [-0.2, 0) is 11.3 Å². The van der Waals surface area contributed by atoms with Crippen LogP contribution in [0.15, 0.2) is 23.3 Å². The number of hydrogen-bond donors (Lipinski definition) is 1. The lowest BCUT2D eigenvalue weighted by Crippen LogP contribution is -2.39. The topological polar surface area (TPSA) is 59.0 Å². The predicted octanol–water partition coefficient (Wildman–Crippen LogP) is 3.08. The normalized spacial score (nSPS) is 15.7. The van der Waals surface area contributed by atoms with E-state index in [0.717, 1.165) is 50.0 Å². The Balaban J connectivity index is 1.82. The van der Waals surface area contributed by atoms with Crippen LogP contribution in [0.5, 0.6) is 5.88 Å². The van der Waals surface area contributed by atoms with Gasteiger partial charge in [0, 0.05) is 52.2 Å². The molecule has 1 aromatic rings. The fourth-order valence-electron chi connectivity index (χ4n) is 3.08. The van der Waals surface area contributed by atoms with E-state index in [0.29, 0.717) is 19.0 Å². The van der Waals surface area contributed by atoms with Crippen molar-refractivity contribution in [3.05, 3.63) is 23.9 Å². The second-order valence-electron chi connectivity index (χ2n) is 6.84. The standard InChI is InChI=1S/C20H34N4O2/c1-4-5-13-26-19-18(7-6-11-22-19)16-23-20(21-2)24(3)12-8-17-9-14-25-15-10-17/h6-7,11,17H,4-5,8-10,12-16H2,1-3H3,(H,21,23). The van der Waals surface area contributed by atoms with Gasteiger partial charge < -0.3 is 19.7 Å². The summed E-state index contributed by atoms with van der Waals surface area (Å²) in [6.07, 6.45) is 7.46. The smallest absolute Gasteiger partial charge is 0.218 e. The van der Waals surface area contributed by atoms with E-state index in [-0.39, 0.29) is 0 Å². The average Bonchev–Trinajstić information content (AvgIpc) is 2.69. The Labute approximate surface area is 158 Å². The largest absolute Gasteiger partial charge is 0.477 e. The van der Waals surface area contributed by atoms with Gasteiger partial charge in [-0.3, -0.25) is 4.99 Å². The summed E-state index contributed by atoms with van der Waals surface area (Å²) in [4.78, 5) is 11.0. The minimum atomic E-state index is 0.656. The molecule has 26 heavy (non-hydrogen) atoms. The van der Waals surface area contributed by atoms with Crippen LogP contribution < -0.4 is 10.1 Å². The molecule has 1 aliphatic heterocycles. The molecule has 6 heteroatoms. The molecule has 0 unspecified atom stereocenters. The first-order valence-corrected chi connectivity index (χ1v) is 9.80. The molecule has 2 rings (SSSR count). The van der Waals surface area contributed by atoms with E-state index in [4.69, 9.17) is 9.47 Å². The Morgan fingerprint density at radius 1 is 1.42 bits per heavy atom. The number of hydrogen-bond acceptors (Lipinski definition) is 4. The SMILES string of the molecule is CCCCOc1ncccc1CNC(=NC)N(C)CCC1CCOCC1. The summed E-state index contributed by atoms with van der Waals surface area (Å²) < 4.78 is 11.3. The monoisotopic (exact) mass is 362 g/mol. The zero-order valence-corrected chi connectivity index (χ0v) is 16.5. The molecule has 1 saturated heterocycles. The molecule has 1 aliphatic rings. The van der Waals surface area contributed by atoms with E-state index >= 15 is 0 Å². The van der Waals surface area contributed by atoms with E-state index in [1.54, 1.807) is 6.20 Å². The summed E-state index contributed by atoms with van der Waals surface area (Å²) in [5.74, 6) is 2.38. The van der Waals surface area contributed by atoms with E-state index in [1.807, 2.05) is 13.1 Å². The minimum Gasteiger partial charge on any atom is -0.477 e. The summed E-state index contributed by atoms with van der Waals surface area (Å²) in [7, 11) is 3.92. The molecule has 146 valence electrons. The molecule has 1 aromatic heterocycles. The number of nitrogens with one attached hydrogen (secondary N) is 1. The average molecular weight is 363 g/mol. The number of aromatic nitrogens is 1. The molecule has 0 spiro atoms. The van der Waals surface area contributed by atoms with Crippen LogP contribution in [0.25, 0.3) is 0 Å². The van der Waals surface area contributed by atoms with E-state index in [9.17, 15) is 0 Å². The van der Waals surface area contributed by atoms with Crippen LogP contribution in [0.2, 0.25) is 0 Å². The fraction of sp³-hybridized carbons (Fsp3) is 0.700. The van der Waals surface area contributed by atoms with Gasteiger partial charge in [0.2, 0.25) is 5.88 Å². The van der Waals surface area contributed by atoms with Crippen LogP contribution in [0, 0.1) is 5.92 Å². The van der Waals surface area contributed by atoms with Crippen molar-refractivity contribution >= 4 is 5.96 Å². The van der Waals surface area contributed by atoms with Crippen LogP contribution in [0.1, 0.15) is 44.6 Å². The minimum absolute atomic E-state index is 0.656. The van der Waals surface area contributed by atoms with Gasteiger partial charge in [0.15, 0.2) is 5.96 Å². The Kier molecular flexibility index (Phi) is 9.24. The highest BCUT2D eigenvalue weighted by Crippen LogP contribution is 2.18. The number of guanidine groups is 1. The van der Waals surface area contributed by atoms with E-state index in [2.05, 4.69) is 40.2 Å². The van der Waals surface area contributed by atoms with Gasteiger partial charge in [-0.15, -0.1) is 0 Å². The van der Waals surface area contributed by atoms with Crippen LogP contribution >= 0.6 is 0 Å². The van der Waals surface area contributed by atoms with Crippen molar-refractivity contribution in [1.29, 1.82) is 0 Å². The first-order chi connectivity index (χ1) is 12.7. The lowest BCUT2D eigenvalue weighted by atomic mass is 9.96. The third-order valence-electron chi connectivity index (χ3n) is 4.81. The van der Waals surface area contributed by atoms with Gasteiger partial charge in [0.1, 0.15) is 0 Å². The molecule has 1 fully saturated rings. The van der Waals surface area contributed by atoms with Crippen molar-refractivity contribution in [2.45, 2.75) is 45.6 Å². The van der Waals surface area contributed by atoms with Gasteiger partial charge in [-0.05, 0) is 37.7 Å². The Hall–Kier alpha value is -1.82. The van der Waals surface area contributed by atoms with Gasteiger partial charge in [-0.1, -0.05) is 19.4 Å². The second-order valence-corrected chi connectivity index (χ2v) is 6.84. The fourth-order valence-corrected chi connectivity index (χ4v) is 3.08. The van der Waals surface area contributed by atoms with Gasteiger partial charge in [-0.2, -0.15) is 0 Å². The van der Waals surface area contributed by atoms with E-state index < -0.39 is 0 Å². The van der Waals surface area contributed by atoms with Crippen molar-refractivity contribution in [2.75, 3.05) is 40.5 Å². The van der Waals surface area contributed by atoms with Crippen LogP contribution in [0.3, 0.4) is 0 Å². The van der Waals surface area contributed by atoms with Gasteiger partial charge in [0.25, 0.3) is 0 Å². The zero-order valence-electron chi connectivity index (χ0n) is 16.5.